The van der Waals surface area contributed by atoms with Crippen LogP contribution in [0.15, 0.2) is 24.3 Å². The Kier molecular flexibility index (Phi) is 6.10. The summed E-state index contributed by atoms with van der Waals surface area (Å²) >= 11 is 0. The van der Waals surface area contributed by atoms with E-state index in [2.05, 4.69) is 46.3 Å². The van der Waals surface area contributed by atoms with Gasteiger partial charge in [0.05, 0.1) is 18.7 Å². The SMILES string of the molecule is Cc1ccc([C@H](NC(=O)CN2CCN(C[C@@H](C)O)CC2)C2CC2)cc1. The van der Waals surface area contributed by atoms with Crippen LogP contribution in [0.5, 0.6) is 0 Å². The lowest BCUT2D eigenvalue weighted by atomic mass is 10.0. The lowest BCUT2D eigenvalue weighted by molar-refractivity contribution is -0.123. The largest absolute Gasteiger partial charge is 0.392 e. The van der Waals surface area contributed by atoms with E-state index in [0.717, 1.165) is 32.7 Å². The topological polar surface area (TPSA) is 55.8 Å². The molecular formula is C20H31N3O2. The molecule has 0 radical (unpaired) electrons. The number of carbonyl (C=O) groups excluding carboxylic acids is 1. The van der Waals surface area contributed by atoms with Gasteiger partial charge < -0.3 is 10.4 Å². The second kappa shape index (κ2) is 8.30. The highest BCUT2D eigenvalue weighted by atomic mass is 16.3. The summed E-state index contributed by atoms with van der Waals surface area (Å²) in [5, 5.41) is 12.8. The van der Waals surface area contributed by atoms with Gasteiger partial charge >= 0.3 is 0 Å². The first kappa shape index (κ1) is 18.4. The van der Waals surface area contributed by atoms with Gasteiger partial charge in [-0.05, 0) is 38.2 Å². The second-order valence-corrected chi connectivity index (χ2v) is 7.72. The van der Waals surface area contributed by atoms with Crippen LogP contribution in [0.4, 0.5) is 0 Å². The number of rotatable bonds is 7. The first-order valence-corrected chi connectivity index (χ1v) is 9.50. The molecule has 0 bridgehead atoms. The normalized spacial score (nSPS) is 21.7. The molecule has 2 fully saturated rings. The number of amides is 1. The highest BCUT2D eigenvalue weighted by molar-refractivity contribution is 5.78. The highest BCUT2D eigenvalue weighted by Crippen LogP contribution is 2.41. The van der Waals surface area contributed by atoms with Gasteiger partial charge in [0.1, 0.15) is 0 Å². The van der Waals surface area contributed by atoms with Crippen molar-refractivity contribution in [2.45, 2.75) is 38.8 Å². The predicted octanol–water partition coefficient (Wildman–Crippen LogP) is 1.56. The highest BCUT2D eigenvalue weighted by Gasteiger charge is 2.33. The third-order valence-electron chi connectivity index (χ3n) is 5.20. The van der Waals surface area contributed by atoms with Crippen molar-refractivity contribution < 1.29 is 9.90 Å². The molecule has 1 heterocycles. The number of carbonyl (C=O) groups is 1. The Morgan fingerprint density at radius 1 is 1.16 bits per heavy atom. The molecule has 2 N–H and O–H groups in total. The van der Waals surface area contributed by atoms with Crippen LogP contribution in [0.1, 0.15) is 36.9 Å². The number of β-amino-alcohol motifs (C(OH)–C–C–N with tert-alkyl or cyclic N) is 1. The molecule has 2 atom stereocenters. The number of aryl methyl sites for hydroxylation is 1. The maximum absolute atomic E-state index is 12.5. The first-order valence-electron chi connectivity index (χ1n) is 9.50. The Hall–Kier alpha value is -1.43. The van der Waals surface area contributed by atoms with Crippen LogP contribution < -0.4 is 5.32 Å². The Labute approximate surface area is 151 Å². The Balaban J connectivity index is 1.49. The van der Waals surface area contributed by atoms with Gasteiger partial charge in [-0.15, -0.1) is 0 Å². The third kappa shape index (κ3) is 5.53. The summed E-state index contributed by atoms with van der Waals surface area (Å²) in [6, 6.07) is 8.70. The quantitative estimate of drug-likeness (QED) is 0.787. The monoisotopic (exact) mass is 345 g/mol. The van der Waals surface area contributed by atoms with Crippen molar-refractivity contribution in [1.29, 1.82) is 0 Å². The van der Waals surface area contributed by atoms with Crippen molar-refractivity contribution >= 4 is 5.91 Å². The van der Waals surface area contributed by atoms with Crippen LogP contribution in [0, 0.1) is 12.8 Å². The maximum atomic E-state index is 12.5. The van der Waals surface area contributed by atoms with Crippen LogP contribution in [0.2, 0.25) is 0 Å². The van der Waals surface area contributed by atoms with E-state index in [1.165, 1.54) is 24.0 Å². The molecule has 1 saturated heterocycles. The van der Waals surface area contributed by atoms with E-state index in [9.17, 15) is 9.90 Å². The summed E-state index contributed by atoms with van der Waals surface area (Å²) in [5.74, 6) is 0.719. The minimum Gasteiger partial charge on any atom is -0.392 e. The molecule has 1 aromatic carbocycles. The molecule has 5 heteroatoms. The van der Waals surface area contributed by atoms with E-state index in [1.807, 2.05) is 6.92 Å². The molecule has 1 saturated carbocycles. The standard InChI is InChI=1S/C20H31N3O2/c1-15-3-5-17(6-4-15)20(18-7-8-18)21-19(25)14-23-11-9-22(10-12-23)13-16(2)24/h3-6,16,18,20,24H,7-14H2,1-2H3,(H,21,25)/t16-,20+/m1/s1. The van der Waals surface area contributed by atoms with Gasteiger partial charge in [-0.25, -0.2) is 0 Å². The molecule has 0 aromatic heterocycles. The summed E-state index contributed by atoms with van der Waals surface area (Å²) in [4.78, 5) is 17.0. The fraction of sp³-hybridized carbons (Fsp3) is 0.650. The molecule has 1 amide bonds. The Bertz CT molecular complexity index is 561. The van der Waals surface area contributed by atoms with Gasteiger partial charge in [0, 0.05) is 32.7 Å². The van der Waals surface area contributed by atoms with Crippen molar-refractivity contribution in [3.05, 3.63) is 35.4 Å². The minimum absolute atomic E-state index is 0.126. The zero-order valence-electron chi connectivity index (χ0n) is 15.4. The zero-order chi connectivity index (χ0) is 17.8. The van der Waals surface area contributed by atoms with Crippen molar-refractivity contribution in [1.82, 2.24) is 15.1 Å². The summed E-state index contributed by atoms with van der Waals surface area (Å²) in [6.07, 6.45) is 2.12. The number of nitrogens with zero attached hydrogens (tertiary/aromatic N) is 2. The van der Waals surface area contributed by atoms with Gasteiger partial charge in [0.2, 0.25) is 5.91 Å². The van der Waals surface area contributed by atoms with Crippen LogP contribution in [0.3, 0.4) is 0 Å². The van der Waals surface area contributed by atoms with Crippen LogP contribution in [-0.4, -0.2) is 66.2 Å². The van der Waals surface area contributed by atoms with Crippen LogP contribution in [0.25, 0.3) is 0 Å². The lowest BCUT2D eigenvalue weighted by Crippen LogP contribution is -2.51. The van der Waals surface area contributed by atoms with Crippen molar-refractivity contribution in [3.8, 4) is 0 Å². The number of hydrogen-bond donors (Lipinski definition) is 2. The Morgan fingerprint density at radius 3 is 2.32 bits per heavy atom. The van der Waals surface area contributed by atoms with Crippen LogP contribution >= 0.6 is 0 Å². The minimum atomic E-state index is -0.288. The fourth-order valence-electron chi connectivity index (χ4n) is 3.60. The van der Waals surface area contributed by atoms with Gasteiger partial charge in [0.25, 0.3) is 0 Å². The molecule has 25 heavy (non-hydrogen) atoms. The molecule has 5 nitrogen and oxygen atoms in total. The Morgan fingerprint density at radius 2 is 1.76 bits per heavy atom. The van der Waals surface area contributed by atoms with Crippen molar-refractivity contribution in [3.63, 3.8) is 0 Å². The molecule has 1 aliphatic carbocycles. The van der Waals surface area contributed by atoms with E-state index in [1.54, 1.807) is 0 Å². The third-order valence-corrected chi connectivity index (χ3v) is 5.20. The molecule has 1 aliphatic heterocycles. The molecule has 3 rings (SSSR count). The van der Waals surface area contributed by atoms with E-state index in [0.29, 0.717) is 12.5 Å². The van der Waals surface area contributed by atoms with Crippen molar-refractivity contribution in [2.75, 3.05) is 39.3 Å². The lowest BCUT2D eigenvalue weighted by Gasteiger charge is -2.35. The number of piperazine rings is 1. The van der Waals surface area contributed by atoms with E-state index in [4.69, 9.17) is 0 Å². The molecular weight excluding hydrogens is 314 g/mol. The molecule has 1 aromatic rings. The fourth-order valence-corrected chi connectivity index (χ4v) is 3.60. The second-order valence-electron chi connectivity index (χ2n) is 7.72. The van der Waals surface area contributed by atoms with E-state index >= 15 is 0 Å². The average molecular weight is 345 g/mol. The molecule has 2 aliphatic rings. The summed E-state index contributed by atoms with van der Waals surface area (Å²) < 4.78 is 0. The summed E-state index contributed by atoms with van der Waals surface area (Å²) in [5.41, 5.74) is 2.47. The molecule has 0 spiro atoms. The molecule has 138 valence electrons. The van der Waals surface area contributed by atoms with E-state index in [-0.39, 0.29) is 18.1 Å². The number of hydrogen-bond acceptors (Lipinski definition) is 4. The number of aliphatic hydroxyl groups is 1. The van der Waals surface area contributed by atoms with Gasteiger partial charge in [-0.3, -0.25) is 14.6 Å². The predicted molar refractivity (Wildman–Crippen MR) is 99.3 cm³/mol. The van der Waals surface area contributed by atoms with Gasteiger partial charge in [-0.2, -0.15) is 0 Å². The van der Waals surface area contributed by atoms with Crippen molar-refractivity contribution in [2.24, 2.45) is 5.92 Å². The smallest absolute Gasteiger partial charge is 0.234 e. The summed E-state index contributed by atoms with van der Waals surface area (Å²) in [6.45, 7) is 8.71. The molecule has 0 unspecified atom stereocenters. The first-order chi connectivity index (χ1) is 12.0. The maximum Gasteiger partial charge on any atom is 0.234 e. The number of benzene rings is 1. The van der Waals surface area contributed by atoms with Gasteiger partial charge in [0.15, 0.2) is 0 Å². The van der Waals surface area contributed by atoms with Crippen LogP contribution in [-0.2, 0) is 4.79 Å². The zero-order valence-corrected chi connectivity index (χ0v) is 15.4. The van der Waals surface area contributed by atoms with Gasteiger partial charge in [-0.1, -0.05) is 29.8 Å². The number of aliphatic hydroxyl groups excluding tert-OH is 1. The number of nitrogens with one attached hydrogen (secondary N) is 1. The summed E-state index contributed by atoms with van der Waals surface area (Å²) in [7, 11) is 0. The average Bonchev–Trinajstić information content (AvgIpc) is 3.40. The van der Waals surface area contributed by atoms with E-state index < -0.39 is 0 Å².